The summed E-state index contributed by atoms with van der Waals surface area (Å²) in [7, 11) is 0. The lowest BCUT2D eigenvalue weighted by Gasteiger charge is -2.17. The van der Waals surface area contributed by atoms with Gasteiger partial charge in [-0.25, -0.2) is 4.39 Å². The fourth-order valence-electron chi connectivity index (χ4n) is 1.44. The van der Waals surface area contributed by atoms with E-state index in [0.29, 0.717) is 24.1 Å². The fourth-order valence-corrected chi connectivity index (χ4v) is 1.44. The van der Waals surface area contributed by atoms with Crippen molar-refractivity contribution in [3.63, 3.8) is 0 Å². The highest BCUT2D eigenvalue weighted by Crippen LogP contribution is 2.32. The number of carbonyl (C=O) groups is 1. The molecule has 0 fully saturated rings. The third kappa shape index (κ3) is 1.35. The zero-order valence-corrected chi connectivity index (χ0v) is 6.80. The molecular weight excluding hydrogens is 173 g/mol. The zero-order valence-electron chi connectivity index (χ0n) is 6.80. The lowest BCUT2D eigenvalue weighted by molar-refractivity contribution is -0.116. The summed E-state index contributed by atoms with van der Waals surface area (Å²) >= 11 is 0. The van der Waals surface area contributed by atoms with Crippen molar-refractivity contribution in [3.05, 3.63) is 23.5 Å². The van der Waals surface area contributed by atoms with E-state index in [9.17, 15) is 14.3 Å². The van der Waals surface area contributed by atoms with Crippen LogP contribution in [0.3, 0.4) is 0 Å². The number of hydrogen-bond donors (Lipinski definition) is 2. The van der Waals surface area contributed by atoms with Crippen molar-refractivity contribution in [2.45, 2.75) is 12.8 Å². The number of amides is 1. The van der Waals surface area contributed by atoms with Crippen molar-refractivity contribution in [3.8, 4) is 5.75 Å². The summed E-state index contributed by atoms with van der Waals surface area (Å²) in [5.41, 5.74) is 0.995. The fraction of sp³-hybridized carbons (Fsp3) is 0.222. The number of nitrogens with one attached hydrogen (secondary N) is 1. The molecule has 3 nitrogen and oxygen atoms in total. The number of aryl methyl sites for hydroxylation is 1. The number of anilines is 1. The summed E-state index contributed by atoms with van der Waals surface area (Å²) in [5.74, 6) is -0.829. The van der Waals surface area contributed by atoms with Gasteiger partial charge in [-0.2, -0.15) is 0 Å². The molecule has 0 unspecified atom stereocenters. The molecule has 2 N–H and O–H groups in total. The molecule has 1 aliphatic heterocycles. The Morgan fingerprint density at radius 3 is 2.92 bits per heavy atom. The van der Waals surface area contributed by atoms with Crippen LogP contribution in [0.2, 0.25) is 0 Å². The van der Waals surface area contributed by atoms with Gasteiger partial charge in [0, 0.05) is 12.5 Å². The molecule has 1 heterocycles. The van der Waals surface area contributed by atoms with Crippen LogP contribution in [-0.2, 0) is 11.2 Å². The minimum absolute atomic E-state index is 0.144. The summed E-state index contributed by atoms with van der Waals surface area (Å²) in [6.45, 7) is 0. The van der Waals surface area contributed by atoms with Crippen LogP contribution in [0, 0.1) is 5.82 Å². The maximum Gasteiger partial charge on any atom is 0.224 e. The van der Waals surface area contributed by atoms with E-state index in [1.807, 2.05) is 0 Å². The molecule has 1 amide bonds. The van der Waals surface area contributed by atoms with E-state index in [2.05, 4.69) is 5.32 Å². The Bertz CT molecular complexity index is 376. The third-order valence-electron chi connectivity index (χ3n) is 2.05. The van der Waals surface area contributed by atoms with Crippen LogP contribution in [0.25, 0.3) is 0 Å². The van der Waals surface area contributed by atoms with Crippen molar-refractivity contribution in [2.75, 3.05) is 5.32 Å². The number of hydrogen-bond acceptors (Lipinski definition) is 2. The largest absolute Gasteiger partial charge is 0.506 e. The molecule has 0 atom stereocenters. The van der Waals surface area contributed by atoms with E-state index in [1.165, 1.54) is 6.07 Å². The topological polar surface area (TPSA) is 49.3 Å². The first-order valence-electron chi connectivity index (χ1n) is 3.98. The molecule has 4 heteroatoms. The number of halogens is 1. The number of fused-ring (bicyclic) bond motifs is 1. The van der Waals surface area contributed by atoms with Crippen LogP contribution < -0.4 is 5.32 Å². The Kier molecular flexibility index (Phi) is 1.69. The van der Waals surface area contributed by atoms with E-state index >= 15 is 0 Å². The van der Waals surface area contributed by atoms with E-state index < -0.39 is 5.82 Å². The monoisotopic (exact) mass is 181 g/mol. The van der Waals surface area contributed by atoms with Crippen LogP contribution >= 0.6 is 0 Å². The minimum atomic E-state index is -0.479. The van der Waals surface area contributed by atoms with E-state index in [-0.39, 0.29) is 11.7 Å². The minimum Gasteiger partial charge on any atom is -0.506 e. The quantitative estimate of drug-likeness (QED) is 0.594. The molecule has 0 radical (unpaired) electrons. The number of benzene rings is 1. The summed E-state index contributed by atoms with van der Waals surface area (Å²) in [6.07, 6.45) is 0.822. The van der Waals surface area contributed by atoms with Crippen LogP contribution in [-0.4, -0.2) is 11.0 Å². The maximum absolute atomic E-state index is 12.8. The number of aromatic hydroxyl groups is 1. The molecule has 1 aromatic carbocycles. The predicted octanol–water partition coefficient (Wildman–Crippen LogP) is 1.42. The van der Waals surface area contributed by atoms with Crippen molar-refractivity contribution >= 4 is 11.6 Å². The van der Waals surface area contributed by atoms with Gasteiger partial charge in [-0.15, -0.1) is 0 Å². The lowest BCUT2D eigenvalue weighted by atomic mass is 10.0. The van der Waals surface area contributed by atoms with Gasteiger partial charge in [-0.3, -0.25) is 4.79 Å². The van der Waals surface area contributed by atoms with Gasteiger partial charge in [0.25, 0.3) is 0 Å². The van der Waals surface area contributed by atoms with E-state index in [1.54, 1.807) is 0 Å². The number of rotatable bonds is 0. The standard InChI is InChI=1S/C9H8FNO2/c10-6-3-5-1-2-8(13)11-9(5)7(12)4-6/h3-4,12H,1-2H2,(H,11,13). The maximum atomic E-state index is 12.8. The number of phenols is 1. The molecule has 0 bridgehead atoms. The summed E-state index contributed by atoms with van der Waals surface area (Å²) in [5, 5.41) is 11.8. The molecule has 1 aromatic rings. The zero-order chi connectivity index (χ0) is 9.42. The van der Waals surface area contributed by atoms with Crippen molar-refractivity contribution < 1.29 is 14.3 Å². The Labute approximate surface area is 74.2 Å². The summed E-state index contributed by atoms with van der Waals surface area (Å²) in [4.78, 5) is 10.9. The van der Waals surface area contributed by atoms with Crippen LogP contribution in [0.15, 0.2) is 12.1 Å². The van der Waals surface area contributed by atoms with Gasteiger partial charge in [0.2, 0.25) is 5.91 Å². The SMILES string of the molecule is O=C1CCc2cc(F)cc(O)c2N1. The van der Waals surface area contributed by atoms with Crippen LogP contribution in [0.1, 0.15) is 12.0 Å². The third-order valence-corrected chi connectivity index (χ3v) is 2.05. The van der Waals surface area contributed by atoms with Crippen molar-refractivity contribution in [1.82, 2.24) is 0 Å². The highest BCUT2D eigenvalue weighted by atomic mass is 19.1. The van der Waals surface area contributed by atoms with Crippen LogP contribution in [0.4, 0.5) is 10.1 Å². The van der Waals surface area contributed by atoms with E-state index in [0.717, 1.165) is 6.07 Å². The first-order chi connectivity index (χ1) is 6.16. The average Bonchev–Trinajstić information content (AvgIpc) is 2.06. The van der Waals surface area contributed by atoms with Crippen molar-refractivity contribution in [1.29, 1.82) is 0 Å². The molecule has 1 aliphatic rings. The second-order valence-electron chi connectivity index (χ2n) is 3.01. The molecular formula is C9H8FNO2. The molecule has 0 spiro atoms. The van der Waals surface area contributed by atoms with Gasteiger partial charge in [0.15, 0.2) is 0 Å². The van der Waals surface area contributed by atoms with Crippen molar-refractivity contribution in [2.24, 2.45) is 0 Å². The predicted molar refractivity (Wildman–Crippen MR) is 45.0 cm³/mol. The Morgan fingerprint density at radius 2 is 2.15 bits per heavy atom. The molecule has 0 aliphatic carbocycles. The molecule has 0 saturated carbocycles. The van der Waals surface area contributed by atoms with Crippen LogP contribution in [0.5, 0.6) is 5.75 Å². The Balaban J connectivity index is 2.53. The van der Waals surface area contributed by atoms with Gasteiger partial charge in [0.05, 0.1) is 5.69 Å². The normalized spacial score (nSPS) is 15.0. The average molecular weight is 181 g/mol. The van der Waals surface area contributed by atoms with Gasteiger partial charge >= 0.3 is 0 Å². The van der Waals surface area contributed by atoms with Gasteiger partial charge in [-0.1, -0.05) is 0 Å². The second-order valence-corrected chi connectivity index (χ2v) is 3.01. The molecule has 13 heavy (non-hydrogen) atoms. The Hall–Kier alpha value is -1.58. The molecule has 68 valence electrons. The first kappa shape index (κ1) is 8.04. The van der Waals surface area contributed by atoms with Gasteiger partial charge < -0.3 is 10.4 Å². The summed E-state index contributed by atoms with van der Waals surface area (Å²) in [6, 6.07) is 2.32. The van der Waals surface area contributed by atoms with E-state index in [4.69, 9.17) is 0 Å². The highest BCUT2D eigenvalue weighted by Gasteiger charge is 2.18. The smallest absolute Gasteiger partial charge is 0.224 e. The second kappa shape index (κ2) is 2.73. The first-order valence-corrected chi connectivity index (χ1v) is 3.98. The number of phenolic OH excluding ortho intramolecular Hbond substituents is 1. The van der Waals surface area contributed by atoms with Gasteiger partial charge in [-0.05, 0) is 18.1 Å². The molecule has 0 aromatic heterocycles. The summed E-state index contributed by atoms with van der Waals surface area (Å²) < 4.78 is 12.8. The molecule has 2 rings (SSSR count). The number of carbonyl (C=O) groups excluding carboxylic acids is 1. The Morgan fingerprint density at radius 1 is 1.38 bits per heavy atom. The molecule has 0 saturated heterocycles. The lowest BCUT2D eigenvalue weighted by Crippen LogP contribution is -2.19. The van der Waals surface area contributed by atoms with Gasteiger partial charge in [0.1, 0.15) is 11.6 Å². The highest BCUT2D eigenvalue weighted by molar-refractivity contribution is 5.95.